The standard InChI is InChI=1S/C48H61N13O7/c49-43(64)36-14-7-8-20-53-41(62)16-5-6-17-42(63)57-40(25-33-27-52-28-56-33)47(68)60-38(23-29-18-19-30-10-1-2-11-31(30)22-29)45(66)59-37(15-9-21-54-48(50)51)44(65)61-39(46(67)58-36)24-32-26-55-35-13-4-3-12-34(32)35/h1-4,10-13,18-19,22,26-28,36-40,55H,5-9,14-17,20-21,23-25H2,(H2,49,64)(H,52,56)(H,53,62)(H,57,63)(H,58,67)(H,59,66)(H,60,68)(H,61,65)(H4,50,51,54)/t36-,37-,38+,39-,40-/m0/s1. The molecule has 1 aliphatic heterocycles. The molecule has 14 N–H and O–H groups in total. The van der Waals surface area contributed by atoms with Gasteiger partial charge in [0.15, 0.2) is 5.96 Å². The van der Waals surface area contributed by atoms with Crippen LogP contribution in [-0.2, 0) is 52.8 Å². The highest BCUT2D eigenvalue weighted by Crippen LogP contribution is 2.21. The Morgan fingerprint density at radius 1 is 0.662 bits per heavy atom. The normalized spacial score (nSPS) is 21.2. The highest BCUT2D eigenvalue weighted by atomic mass is 16.2. The Labute approximate surface area is 393 Å². The minimum absolute atomic E-state index is 0.00533. The fourth-order valence-electron chi connectivity index (χ4n) is 8.14. The number of rotatable bonds is 11. The Kier molecular flexibility index (Phi) is 18.0. The Balaban J connectivity index is 1.35. The molecule has 0 saturated carbocycles. The number of aromatic nitrogens is 3. The third-order valence-corrected chi connectivity index (χ3v) is 11.8. The molecular weight excluding hydrogens is 871 g/mol. The van der Waals surface area contributed by atoms with Crippen LogP contribution in [0.2, 0.25) is 0 Å². The van der Waals surface area contributed by atoms with Gasteiger partial charge in [0.25, 0.3) is 0 Å². The number of para-hydroxylation sites is 1. The van der Waals surface area contributed by atoms with Gasteiger partial charge in [-0.05, 0) is 72.9 Å². The summed E-state index contributed by atoms with van der Waals surface area (Å²) in [5.41, 5.74) is 19.7. The highest BCUT2D eigenvalue weighted by molar-refractivity contribution is 5.97. The summed E-state index contributed by atoms with van der Waals surface area (Å²) in [5.74, 6) is -4.42. The van der Waals surface area contributed by atoms with E-state index in [1.807, 2.05) is 66.7 Å². The number of carbonyl (C=O) groups excluding carboxylic acids is 7. The van der Waals surface area contributed by atoms with Crippen molar-refractivity contribution in [3.8, 4) is 0 Å². The number of H-pyrrole nitrogens is 2. The van der Waals surface area contributed by atoms with Crippen molar-refractivity contribution in [2.75, 3.05) is 13.1 Å². The summed E-state index contributed by atoms with van der Waals surface area (Å²) in [4.78, 5) is 111. The Morgan fingerprint density at radius 2 is 1.32 bits per heavy atom. The number of nitrogens with two attached hydrogens (primary N) is 3. The molecule has 1 fully saturated rings. The molecule has 5 aromatic rings. The molecule has 2 aromatic heterocycles. The molecule has 20 heteroatoms. The van der Waals surface area contributed by atoms with Crippen molar-refractivity contribution in [3.05, 3.63) is 102 Å². The summed E-state index contributed by atoms with van der Waals surface area (Å²) in [5, 5.41) is 19.6. The van der Waals surface area contributed by atoms with E-state index in [-0.39, 0.29) is 69.8 Å². The van der Waals surface area contributed by atoms with Crippen molar-refractivity contribution < 1.29 is 33.6 Å². The van der Waals surface area contributed by atoms with Crippen molar-refractivity contribution in [2.24, 2.45) is 22.2 Å². The maximum Gasteiger partial charge on any atom is 0.243 e. The van der Waals surface area contributed by atoms with Gasteiger partial charge in [-0.2, -0.15) is 0 Å². The Morgan fingerprint density at radius 3 is 2.06 bits per heavy atom. The van der Waals surface area contributed by atoms with Crippen LogP contribution in [-0.4, -0.2) is 106 Å². The van der Waals surface area contributed by atoms with Crippen molar-refractivity contribution in [3.63, 3.8) is 0 Å². The van der Waals surface area contributed by atoms with E-state index in [9.17, 15) is 33.6 Å². The predicted octanol–water partition coefficient (Wildman–Crippen LogP) is 0.896. The largest absolute Gasteiger partial charge is 0.370 e. The van der Waals surface area contributed by atoms with Crippen LogP contribution in [0.4, 0.5) is 0 Å². The number of primary amides is 1. The number of aliphatic imine (C=N–C) groups is 1. The number of benzene rings is 3. The first kappa shape index (κ1) is 49.7. The minimum Gasteiger partial charge on any atom is -0.370 e. The van der Waals surface area contributed by atoms with Gasteiger partial charge in [-0.1, -0.05) is 60.7 Å². The quantitative estimate of drug-likeness (QED) is 0.0505. The van der Waals surface area contributed by atoms with Crippen molar-refractivity contribution in [1.29, 1.82) is 0 Å². The molecule has 6 rings (SSSR count). The molecular formula is C48H61N13O7. The molecule has 20 nitrogen and oxygen atoms in total. The summed E-state index contributed by atoms with van der Waals surface area (Å²) in [7, 11) is 0. The predicted molar refractivity (Wildman–Crippen MR) is 256 cm³/mol. The van der Waals surface area contributed by atoms with Gasteiger partial charge in [0.05, 0.1) is 6.33 Å². The summed E-state index contributed by atoms with van der Waals surface area (Å²) in [6.07, 6.45) is 6.92. The molecule has 0 spiro atoms. The zero-order valence-electron chi connectivity index (χ0n) is 37.9. The topological polar surface area (TPSA) is 327 Å². The van der Waals surface area contributed by atoms with Crippen molar-refractivity contribution in [2.45, 2.75) is 107 Å². The number of hydrogen-bond acceptors (Lipinski definition) is 9. The van der Waals surface area contributed by atoms with E-state index < -0.39 is 65.7 Å². The average Bonchev–Trinajstić information content (AvgIpc) is 3.99. The van der Waals surface area contributed by atoms with Gasteiger partial charge in [-0.3, -0.25) is 38.6 Å². The Bertz CT molecular complexity index is 2570. The number of hydrogen-bond donors (Lipinski definition) is 11. The molecule has 0 bridgehead atoms. The van der Waals surface area contributed by atoms with Gasteiger partial charge in [0.1, 0.15) is 30.2 Å². The smallest absolute Gasteiger partial charge is 0.243 e. The van der Waals surface area contributed by atoms with Crippen LogP contribution in [0.5, 0.6) is 0 Å². The number of carbonyl (C=O) groups is 7. The number of amides is 7. The average molecular weight is 932 g/mol. The van der Waals surface area contributed by atoms with Gasteiger partial charge < -0.3 is 59.1 Å². The van der Waals surface area contributed by atoms with Crippen LogP contribution >= 0.6 is 0 Å². The van der Waals surface area contributed by atoms with Crippen LogP contribution in [0.3, 0.4) is 0 Å². The van der Waals surface area contributed by atoms with Gasteiger partial charge >= 0.3 is 0 Å². The van der Waals surface area contributed by atoms with Gasteiger partial charge in [0.2, 0.25) is 41.4 Å². The van der Waals surface area contributed by atoms with E-state index in [2.05, 4.69) is 51.8 Å². The third kappa shape index (κ3) is 14.9. The van der Waals surface area contributed by atoms with Crippen molar-refractivity contribution in [1.82, 2.24) is 46.9 Å². The second kappa shape index (κ2) is 24.7. The van der Waals surface area contributed by atoms with E-state index in [0.717, 1.165) is 21.7 Å². The first-order valence-electron chi connectivity index (χ1n) is 22.9. The van der Waals surface area contributed by atoms with Crippen LogP contribution in [0, 0.1) is 0 Å². The minimum atomic E-state index is -1.29. The van der Waals surface area contributed by atoms with Crippen LogP contribution in [0.25, 0.3) is 21.7 Å². The van der Waals surface area contributed by atoms with Crippen molar-refractivity contribution >= 4 is 69.0 Å². The molecule has 1 aliphatic rings. The Hall–Kier alpha value is -7.77. The number of imidazole rings is 1. The molecule has 68 heavy (non-hydrogen) atoms. The second-order valence-electron chi connectivity index (χ2n) is 17.0. The molecule has 3 aromatic carbocycles. The van der Waals surface area contributed by atoms with E-state index in [1.165, 1.54) is 12.5 Å². The molecule has 0 aliphatic carbocycles. The van der Waals surface area contributed by atoms with Crippen LogP contribution < -0.4 is 49.1 Å². The maximum absolute atomic E-state index is 14.7. The lowest BCUT2D eigenvalue weighted by molar-refractivity contribution is -0.135. The molecule has 360 valence electrons. The van der Waals surface area contributed by atoms with E-state index in [0.29, 0.717) is 49.0 Å². The van der Waals surface area contributed by atoms with E-state index >= 15 is 0 Å². The lowest BCUT2D eigenvalue weighted by atomic mass is 9.99. The highest BCUT2D eigenvalue weighted by Gasteiger charge is 2.33. The molecule has 7 amide bonds. The number of aromatic amines is 2. The number of nitrogens with one attached hydrogen (secondary N) is 8. The summed E-state index contributed by atoms with van der Waals surface area (Å²) in [6, 6.07) is 14.6. The monoisotopic (exact) mass is 931 g/mol. The number of fused-ring (bicyclic) bond motifs is 2. The number of nitrogens with zero attached hydrogens (tertiary/aromatic N) is 2. The molecule has 0 unspecified atom stereocenters. The fourth-order valence-corrected chi connectivity index (χ4v) is 8.14. The second-order valence-corrected chi connectivity index (χ2v) is 17.0. The van der Waals surface area contributed by atoms with Crippen LogP contribution in [0.15, 0.2) is 90.4 Å². The molecule has 0 radical (unpaired) electrons. The third-order valence-electron chi connectivity index (χ3n) is 11.8. The zero-order chi connectivity index (χ0) is 48.4. The first-order valence-corrected chi connectivity index (χ1v) is 22.9. The maximum atomic E-state index is 14.7. The molecule has 3 heterocycles. The SMILES string of the molecule is NC(=O)[C@@H]1CCCCNC(=O)CCCCC(=O)N[C@@H](Cc2cnc[nH]2)C(=O)N[C@H](Cc2ccc3ccccc3c2)C(=O)N[C@@H](CCCN=C(N)N)C(=O)N[C@@H](Cc2c[nH]c3ccccc23)C(=O)N1. The fraction of sp³-hybridized carbons (Fsp3) is 0.396. The summed E-state index contributed by atoms with van der Waals surface area (Å²) >= 11 is 0. The first-order chi connectivity index (χ1) is 32.8. The summed E-state index contributed by atoms with van der Waals surface area (Å²) in [6.45, 7) is 0.415. The van der Waals surface area contributed by atoms with E-state index in [4.69, 9.17) is 17.2 Å². The lowest BCUT2D eigenvalue weighted by Crippen LogP contribution is -2.59. The number of guanidine groups is 1. The van der Waals surface area contributed by atoms with Gasteiger partial charge in [0, 0.05) is 74.2 Å². The zero-order valence-corrected chi connectivity index (χ0v) is 37.9. The van der Waals surface area contributed by atoms with Gasteiger partial charge in [-0.25, -0.2) is 4.98 Å². The molecule has 1 saturated heterocycles. The lowest BCUT2D eigenvalue weighted by Gasteiger charge is -2.27. The van der Waals surface area contributed by atoms with E-state index in [1.54, 1.807) is 6.20 Å². The summed E-state index contributed by atoms with van der Waals surface area (Å²) < 4.78 is 0. The molecule has 5 atom stereocenters. The van der Waals surface area contributed by atoms with Crippen LogP contribution in [0.1, 0.15) is 74.6 Å². The van der Waals surface area contributed by atoms with Gasteiger partial charge in [-0.15, -0.1) is 0 Å².